The Morgan fingerprint density at radius 3 is 2.86 bits per heavy atom. The predicted octanol–water partition coefficient (Wildman–Crippen LogP) is 2.49. The Kier molecular flexibility index (Phi) is 7.26. The van der Waals surface area contributed by atoms with Crippen LogP contribution in [-0.2, 0) is 4.79 Å². The van der Waals surface area contributed by atoms with Crippen LogP contribution < -0.4 is 5.32 Å². The predicted molar refractivity (Wildman–Crippen MR) is 82.6 cm³/mol. The van der Waals surface area contributed by atoms with Crippen molar-refractivity contribution in [2.24, 2.45) is 4.99 Å². The van der Waals surface area contributed by atoms with Gasteiger partial charge in [-0.1, -0.05) is 30.8 Å². The van der Waals surface area contributed by atoms with E-state index in [1.807, 2.05) is 6.92 Å². The number of amidine groups is 1. The lowest BCUT2D eigenvalue weighted by atomic mass is 10.3. The summed E-state index contributed by atoms with van der Waals surface area (Å²) in [5.74, 6) is -0.411. The van der Waals surface area contributed by atoms with Crippen molar-refractivity contribution in [2.75, 3.05) is 19.3 Å². The van der Waals surface area contributed by atoms with Crippen molar-refractivity contribution in [3.8, 4) is 6.19 Å². The van der Waals surface area contributed by atoms with E-state index in [0.29, 0.717) is 6.54 Å². The van der Waals surface area contributed by atoms with Gasteiger partial charge in [-0.25, -0.2) is 9.38 Å². The summed E-state index contributed by atoms with van der Waals surface area (Å²) in [6, 6.07) is 5.99. The summed E-state index contributed by atoms with van der Waals surface area (Å²) in [6.45, 7) is 2.66. The number of nitrogens with one attached hydrogen (secondary N) is 1. The van der Waals surface area contributed by atoms with E-state index in [-0.39, 0.29) is 22.5 Å². The van der Waals surface area contributed by atoms with Gasteiger partial charge >= 0.3 is 0 Å². The number of nitrogens with zero attached hydrogens (tertiary/aromatic N) is 3. The summed E-state index contributed by atoms with van der Waals surface area (Å²) in [5.41, 5.74) is 0.122. The molecule has 1 rings (SSSR count). The Morgan fingerprint density at radius 1 is 1.52 bits per heavy atom. The van der Waals surface area contributed by atoms with Crippen LogP contribution in [0.5, 0.6) is 0 Å². The number of carbonyl (C=O) groups excluding carboxylic acids is 1. The number of para-hydroxylation sites is 1. The van der Waals surface area contributed by atoms with Crippen LogP contribution in [0, 0.1) is 17.3 Å². The van der Waals surface area contributed by atoms with Crippen LogP contribution in [-0.4, -0.2) is 35.3 Å². The number of thioether (sulfide) groups is 1. The Labute approximate surface area is 127 Å². The molecule has 0 aliphatic heterocycles. The highest BCUT2D eigenvalue weighted by Gasteiger charge is 2.11. The van der Waals surface area contributed by atoms with E-state index < -0.39 is 5.82 Å². The minimum absolute atomic E-state index is 0.0668. The van der Waals surface area contributed by atoms with Crippen LogP contribution in [0.25, 0.3) is 0 Å². The van der Waals surface area contributed by atoms with E-state index in [1.165, 1.54) is 12.1 Å². The minimum atomic E-state index is -0.482. The highest BCUT2D eigenvalue weighted by Crippen LogP contribution is 2.18. The van der Waals surface area contributed by atoms with Gasteiger partial charge in [0, 0.05) is 13.6 Å². The molecule has 0 unspecified atom stereocenters. The number of rotatable bonds is 5. The summed E-state index contributed by atoms with van der Waals surface area (Å²) in [5, 5.41) is 11.3. The zero-order valence-corrected chi connectivity index (χ0v) is 12.8. The molecule has 0 aliphatic rings. The minimum Gasteiger partial charge on any atom is -0.345 e. The van der Waals surface area contributed by atoms with Gasteiger partial charge in [0.15, 0.2) is 11.4 Å². The second kappa shape index (κ2) is 8.97. The van der Waals surface area contributed by atoms with Crippen molar-refractivity contribution >= 4 is 28.5 Å². The first-order valence-electron chi connectivity index (χ1n) is 6.43. The van der Waals surface area contributed by atoms with Gasteiger partial charge in [-0.3, -0.25) is 10.1 Å². The maximum absolute atomic E-state index is 13.5. The van der Waals surface area contributed by atoms with Gasteiger partial charge in [0.05, 0.1) is 5.75 Å². The summed E-state index contributed by atoms with van der Waals surface area (Å²) in [7, 11) is 1.72. The molecule has 0 aliphatic carbocycles. The number of hydrogen-bond donors (Lipinski definition) is 1. The second-order valence-electron chi connectivity index (χ2n) is 4.21. The second-order valence-corrected chi connectivity index (χ2v) is 5.17. The lowest BCUT2D eigenvalue weighted by Crippen LogP contribution is -2.30. The molecule has 1 amide bonds. The molecule has 0 atom stereocenters. The molecule has 1 aromatic rings. The molecule has 0 aromatic heterocycles. The molecule has 0 saturated heterocycles. The Hall–Kier alpha value is -2.07. The van der Waals surface area contributed by atoms with Crippen molar-refractivity contribution in [3.63, 3.8) is 0 Å². The van der Waals surface area contributed by atoms with Crippen LogP contribution in [0.4, 0.5) is 10.1 Å². The fourth-order valence-electron chi connectivity index (χ4n) is 1.50. The normalized spacial score (nSPS) is 10.9. The molecule has 21 heavy (non-hydrogen) atoms. The van der Waals surface area contributed by atoms with E-state index in [4.69, 9.17) is 5.26 Å². The van der Waals surface area contributed by atoms with E-state index in [0.717, 1.165) is 18.2 Å². The van der Waals surface area contributed by atoms with Crippen molar-refractivity contribution in [2.45, 2.75) is 13.3 Å². The zero-order valence-electron chi connectivity index (χ0n) is 12.0. The van der Waals surface area contributed by atoms with Crippen molar-refractivity contribution in [3.05, 3.63) is 30.1 Å². The summed E-state index contributed by atoms with van der Waals surface area (Å²) in [6.07, 6.45) is 2.61. The molecule has 0 heterocycles. The lowest BCUT2D eigenvalue weighted by Gasteiger charge is -2.15. The Balaban J connectivity index is 2.73. The standard InChI is InChI=1S/C14H17FN4OS/c1-3-8-19(2)13(20)9-21-14(17-10-16)18-12-7-5-4-6-11(12)15/h4-7H,3,8-9H2,1-2H3,(H,17,18). The quantitative estimate of drug-likeness (QED) is 0.393. The zero-order chi connectivity index (χ0) is 15.7. The number of benzene rings is 1. The summed E-state index contributed by atoms with van der Waals surface area (Å²) < 4.78 is 13.5. The van der Waals surface area contributed by atoms with Crippen LogP contribution in [0.1, 0.15) is 13.3 Å². The van der Waals surface area contributed by atoms with Crippen LogP contribution in [0.3, 0.4) is 0 Å². The van der Waals surface area contributed by atoms with E-state index in [1.54, 1.807) is 30.3 Å². The van der Waals surface area contributed by atoms with Gasteiger partial charge in [-0.05, 0) is 18.6 Å². The summed E-state index contributed by atoms with van der Waals surface area (Å²) in [4.78, 5) is 17.5. The molecular weight excluding hydrogens is 291 g/mol. The highest BCUT2D eigenvalue weighted by molar-refractivity contribution is 8.14. The maximum atomic E-state index is 13.5. The van der Waals surface area contributed by atoms with E-state index in [9.17, 15) is 9.18 Å². The van der Waals surface area contributed by atoms with Crippen molar-refractivity contribution in [1.29, 1.82) is 5.26 Å². The smallest absolute Gasteiger partial charge is 0.232 e. The largest absolute Gasteiger partial charge is 0.345 e. The van der Waals surface area contributed by atoms with Gasteiger partial charge in [0.1, 0.15) is 11.5 Å². The third-order valence-electron chi connectivity index (χ3n) is 2.55. The first-order chi connectivity index (χ1) is 10.1. The van der Waals surface area contributed by atoms with Crippen LogP contribution in [0.2, 0.25) is 0 Å². The first kappa shape index (κ1) is 17.0. The molecule has 112 valence electrons. The van der Waals surface area contributed by atoms with Crippen molar-refractivity contribution < 1.29 is 9.18 Å². The Morgan fingerprint density at radius 2 is 2.24 bits per heavy atom. The number of hydrogen-bond acceptors (Lipinski definition) is 4. The maximum Gasteiger partial charge on any atom is 0.232 e. The first-order valence-corrected chi connectivity index (χ1v) is 7.42. The SMILES string of the molecule is CCCN(C)C(=O)CSC(=Nc1ccccc1F)NC#N. The fraction of sp³-hybridized carbons (Fsp3) is 0.357. The van der Waals surface area contributed by atoms with Gasteiger partial charge in [0.2, 0.25) is 5.91 Å². The average molecular weight is 308 g/mol. The summed E-state index contributed by atoms with van der Waals surface area (Å²) >= 11 is 1.07. The van der Waals surface area contributed by atoms with Crippen molar-refractivity contribution in [1.82, 2.24) is 10.2 Å². The molecule has 0 spiro atoms. The molecule has 7 heteroatoms. The number of aliphatic imine (C=N–C) groups is 1. The third kappa shape index (κ3) is 5.83. The molecule has 1 aromatic carbocycles. The number of carbonyl (C=O) groups is 1. The third-order valence-corrected chi connectivity index (χ3v) is 3.41. The lowest BCUT2D eigenvalue weighted by molar-refractivity contribution is -0.127. The topological polar surface area (TPSA) is 68.5 Å². The molecule has 5 nitrogen and oxygen atoms in total. The number of halogens is 1. The molecule has 0 radical (unpaired) electrons. The van der Waals surface area contributed by atoms with Gasteiger partial charge in [0.25, 0.3) is 0 Å². The Bertz CT molecular complexity index is 556. The van der Waals surface area contributed by atoms with Gasteiger partial charge in [-0.15, -0.1) is 0 Å². The number of amides is 1. The monoisotopic (exact) mass is 308 g/mol. The molecule has 1 N–H and O–H groups in total. The van der Waals surface area contributed by atoms with Gasteiger partial charge in [-0.2, -0.15) is 5.26 Å². The molecule has 0 saturated carbocycles. The van der Waals surface area contributed by atoms with E-state index >= 15 is 0 Å². The van der Waals surface area contributed by atoms with E-state index in [2.05, 4.69) is 10.3 Å². The number of nitriles is 1. The van der Waals surface area contributed by atoms with Crippen LogP contribution in [0.15, 0.2) is 29.3 Å². The fourth-order valence-corrected chi connectivity index (χ4v) is 2.26. The van der Waals surface area contributed by atoms with Crippen LogP contribution >= 0.6 is 11.8 Å². The average Bonchev–Trinajstić information content (AvgIpc) is 2.47. The highest BCUT2D eigenvalue weighted by atomic mass is 32.2. The van der Waals surface area contributed by atoms with Gasteiger partial charge < -0.3 is 4.90 Å². The molecule has 0 bridgehead atoms. The molecular formula is C14H17FN4OS. The molecule has 0 fully saturated rings.